The smallest absolute Gasteiger partial charge is 0.225 e. The first-order valence-electron chi connectivity index (χ1n) is 13.1. The van der Waals surface area contributed by atoms with Crippen LogP contribution in [0.5, 0.6) is 0 Å². The molecule has 2 aromatic heterocycles. The number of imidazole rings is 1. The third-order valence-electron chi connectivity index (χ3n) is 7.53. The van der Waals surface area contributed by atoms with Crippen LogP contribution < -0.4 is 16.4 Å². The monoisotopic (exact) mass is 596 g/mol. The lowest BCUT2D eigenvalue weighted by atomic mass is 9.84. The van der Waals surface area contributed by atoms with Crippen molar-refractivity contribution in [1.82, 2.24) is 23.8 Å². The number of halogens is 3. The van der Waals surface area contributed by atoms with Gasteiger partial charge in [0.2, 0.25) is 27.8 Å². The Balaban J connectivity index is 1.48. The van der Waals surface area contributed by atoms with E-state index in [1.54, 1.807) is 0 Å². The minimum atomic E-state index is -3.32. The van der Waals surface area contributed by atoms with E-state index in [-0.39, 0.29) is 34.9 Å². The summed E-state index contributed by atoms with van der Waals surface area (Å²) in [5.41, 5.74) is 5.89. The lowest BCUT2D eigenvalue weighted by Crippen LogP contribution is -2.44. The number of amides is 1. The molecule has 1 aliphatic heterocycles. The third-order valence-corrected chi connectivity index (χ3v) is 9.02. The Morgan fingerprint density at radius 3 is 2.50 bits per heavy atom. The molecule has 0 unspecified atom stereocenters. The predicted molar refractivity (Wildman–Crippen MR) is 148 cm³/mol. The highest BCUT2D eigenvalue weighted by atomic mass is 35.5. The molecule has 4 N–H and O–H groups in total. The molecule has 11 nitrogen and oxygen atoms in total. The molecule has 1 atom stereocenters. The summed E-state index contributed by atoms with van der Waals surface area (Å²) in [5.74, 6) is -1.41. The van der Waals surface area contributed by atoms with Crippen LogP contribution in [0.4, 0.5) is 26.4 Å². The number of carbonyl (C=O) groups is 1. The Morgan fingerprint density at radius 2 is 1.85 bits per heavy atom. The van der Waals surface area contributed by atoms with Gasteiger partial charge in [-0.25, -0.2) is 31.5 Å². The number of anilines is 3. The van der Waals surface area contributed by atoms with E-state index in [1.165, 1.54) is 16.8 Å². The summed E-state index contributed by atoms with van der Waals surface area (Å²) in [7, 11) is -3.32. The minimum absolute atomic E-state index is 0.0689. The van der Waals surface area contributed by atoms with Crippen molar-refractivity contribution < 1.29 is 22.0 Å². The number of rotatable bonds is 8. The van der Waals surface area contributed by atoms with Gasteiger partial charge in [0.05, 0.1) is 12.5 Å². The molecule has 1 saturated carbocycles. The van der Waals surface area contributed by atoms with Gasteiger partial charge in [-0.2, -0.15) is 4.98 Å². The lowest BCUT2D eigenvalue weighted by Gasteiger charge is -2.31. The summed E-state index contributed by atoms with van der Waals surface area (Å²) in [6.45, 7) is 0.764. The number of piperidine rings is 1. The summed E-state index contributed by atoms with van der Waals surface area (Å²) in [5, 5.41) is 5.97. The van der Waals surface area contributed by atoms with E-state index >= 15 is 0 Å². The first-order chi connectivity index (χ1) is 19.0. The number of nitrogens with zero attached hydrogens (tertiary/aromatic N) is 5. The molecule has 0 spiro atoms. The van der Waals surface area contributed by atoms with Crippen LogP contribution in [-0.2, 0) is 14.8 Å². The summed E-state index contributed by atoms with van der Waals surface area (Å²) in [6, 6.07) is 1.73. The van der Waals surface area contributed by atoms with Crippen molar-refractivity contribution in [3.63, 3.8) is 0 Å². The first-order valence-corrected chi connectivity index (χ1v) is 15.4. The number of hydrogen-bond donors (Lipinski definition) is 3. The van der Waals surface area contributed by atoms with Gasteiger partial charge in [0.1, 0.15) is 11.2 Å². The van der Waals surface area contributed by atoms with Crippen LogP contribution in [-0.4, -0.2) is 63.5 Å². The van der Waals surface area contributed by atoms with Crippen molar-refractivity contribution in [2.45, 2.75) is 57.0 Å². The van der Waals surface area contributed by atoms with E-state index < -0.39 is 27.3 Å². The molecule has 2 fully saturated rings. The molecule has 1 aliphatic carbocycles. The molecular weight excluding hydrogens is 566 g/mol. The van der Waals surface area contributed by atoms with E-state index in [1.807, 2.05) is 4.57 Å². The number of aromatic nitrogens is 4. The summed E-state index contributed by atoms with van der Waals surface area (Å²) >= 11 is 5.80. The van der Waals surface area contributed by atoms with Crippen LogP contribution in [0.2, 0.25) is 5.02 Å². The molecule has 3 aromatic rings. The lowest BCUT2D eigenvalue weighted by molar-refractivity contribution is -0.119. The third kappa shape index (κ3) is 6.28. The SMILES string of the molecule is CS(=O)(=O)N1CCC[C@@H](Nc2ncc3nc(Nc4c(F)cc(Cl)cc4F)n(C4CCC(CC(N)=O)CC4)c3n2)C1. The topological polar surface area (TPSA) is 148 Å². The molecular formula is C25H31ClF2N8O3S. The molecule has 2 aliphatic rings. The fourth-order valence-corrected chi connectivity index (χ4v) is 6.71. The second kappa shape index (κ2) is 11.4. The van der Waals surface area contributed by atoms with Crippen LogP contribution in [0.15, 0.2) is 18.3 Å². The number of nitrogens with one attached hydrogen (secondary N) is 2. The molecule has 15 heteroatoms. The molecule has 0 radical (unpaired) electrons. The largest absolute Gasteiger partial charge is 0.370 e. The van der Waals surface area contributed by atoms with Crippen molar-refractivity contribution in [2.24, 2.45) is 11.7 Å². The van der Waals surface area contributed by atoms with E-state index in [9.17, 15) is 22.0 Å². The van der Waals surface area contributed by atoms with Gasteiger partial charge in [0.15, 0.2) is 17.3 Å². The Kier molecular flexibility index (Phi) is 8.11. The van der Waals surface area contributed by atoms with Crippen molar-refractivity contribution in [3.8, 4) is 0 Å². The number of fused-ring (bicyclic) bond motifs is 1. The molecule has 216 valence electrons. The molecule has 1 aromatic carbocycles. The van der Waals surface area contributed by atoms with Gasteiger partial charge in [-0.1, -0.05) is 11.6 Å². The standard InChI is InChI=1S/C25H31ClF2N8O3S/c1-40(38,39)35-8-2-3-16(13-35)31-24-30-12-20-23(34-24)36(17-6-4-14(5-7-17)9-21(29)37)25(32-20)33-22-18(27)10-15(26)11-19(22)28/h10-12,14,16-17H,2-9,13H2,1H3,(H2,29,37)(H,32,33)(H,30,31,34)/t14?,16-,17?/m1/s1. The maximum atomic E-state index is 14.7. The Bertz CT molecular complexity index is 1500. The van der Waals surface area contributed by atoms with Gasteiger partial charge in [-0.05, 0) is 56.6 Å². The highest BCUT2D eigenvalue weighted by molar-refractivity contribution is 7.88. The van der Waals surface area contributed by atoms with Crippen LogP contribution in [0, 0.1) is 17.6 Å². The fraction of sp³-hybridized carbons (Fsp3) is 0.520. The van der Waals surface area contributed by atoms with Crippen molar-refractivity contribution in [3.05, 3.63) is 35.0 Å². The van der Waals surface area contributed by atoms with E-state index in [0.29, 0.717) is 55.9 Å². The van der Waals surface area contributed by atoms with Crippen molar-refractivity contribution >= 4 is 56.3 Å². The number of sulfonamides is 1. The molecule has 1 amide bonds. The number of carbonyl (C=O) groups excluding carboxylic acids is 1. The molecule has 5 rings (SSSR count). The van der Waals surface area contributed by atoms with Gasteiger partial charge < -0.3 is 16.4 Å². The quantitative estimate of drug-likeness (QED) is 0.354. The van der Waals surface area contributed by atoms with Gasteiger partial charge in [0, 0.05) is 36.6 Å². The zero-order chi connectivity index (χ0) is 28.6. The zero-order valence-corrected chi connectivity index (χ0v) is 23.5. The van der Waals surface area contributed by atoms with E-state index in [2.05, 4.69) is 20.6 Å². The van der Waals surface area contributed by atoms with Gasteiger partial charge in [-0.3, -0.25) is 9.36 Å². The molecule has 3 heterocycles. The Morgan fingerprint density at radius 1 is 1.15 bits per heavy atom. The number of nitrogens with two attached hydrogens (primary N) is 1. The highest BCUT2D eigenvalue weighted by Gasteiger charge is 2.30. The maximum absolute atomic E-state index is 14.7. The number of benzene rings is 1. The van der Waals surface area contributed by atoms with E-state index in [4.69, 9.17) is 22.3 Å². The zero-order valence-electron chi connectivity index (χ0n) is 21.9. The predicted octanol–water partition coefficient (Wildman–Crippen LogP) is 3.94. The number of hydrogen-bond acceptors (Lipinski definition) is 8. The first kappa shape index (κ1) is 28.4. The van der Waals surface area contributed by atoms with Gasteiger partial charge in [-0.15, -0.1) is 0 Å². The van der Waals surface area contributed by atoms with Gasteiger partial charge >= 0.3 is 0 Å². The van der Waals surface area contributed by atoms with E-state index in [0.717, 1.165) is 31.4 Å². The Labute approximate surface area is 235 Å². The Hall–Kier alpha value is -3.10. The molecule has 1 saturated heterocycles. The van der Waals surface area contributed by atoms with Gasteiger partial charge in [0.25, 0.3) is 0 Å². The summed E-state index contributed by atoms with van der Waals surface area (Å²) in [6.07, 6.45) is 7.33. The fourth-order valence-electron chi connectivity index (χ4n) is 5.60. The molecule has 40 heavy (non-hydrogen) atoms. The van der Waals surface area contributed by atoms with Crippen LogP contribution in [0.3, 0.4) is 0 Å². The summed E-state index contributed by atoms with van der Waals surface area (Å²) in [4.78, 5) is 25.1. The normalized spacial score (nSPS) is 22.4. The van der Waals surface area contributed by atoms with Crippen LogP contribution in [0.1, 0.15) is 51.0 Å². The van der Waals surface area contributed by atoms with Crippen LogP contribution in [0.25, 0.3) is 11.2 Å². The highest BCUT2D eigenvalue weighted by Crippen LogP contribution is 2.38. The second-order valence-corrected chi connectivity index (χ2v) is 12.9. The van der Waals surface area contributed by atoms with Crippen LogP contribution >= 0.6 is 11.6 Å². The molecule has 0 bridgehead atoms. The minimum Gasteiger partial charge on any atom is -0.370 e. The number of primary amides is 1. The van der Waals surface area contributed by atoms with Crippen molar-refractivity contribution in [1.29, 1.82) is 0 Å². The maximum Gasteiger partial charge on any atom is 0.225 e. The average molecular weight is 597 g/mol. The van der Waals surface area contributed by atoms with Crippen molar-refractivity contribution in [2.75, 3.05) is 30.0 Å². The average Bonchev–Trinajstić information content (AvgIpc) is 3.23. The summed E-state index contributed by atoms with van der Waals surface area (Å²) < 4.78 is 56.7. The second-order valence-electron chi connectivity index (χ2n) is 10.5.